The zero-order valence-electron chi connectivity index (χ0n) is 17.5. The summed E-state index contributed by atoms with van der Waals surface area (Å²) < 4.78 is 12.8. The highest BCUT2D eigenvalue weighted by Crippen LogP contribution is 2.57. The van der Waals surface area contributed by atoms with E-state index >= 15 is 0 Å². The third-order valence-corrected chi connectivity index (χ3v) is 7.09. The number of unbranched alkanes of at least 4 members (excludes halogenated alkanes) is 6. The highest BCUT2D eigenvalue weighted by Gasteiger charge is 2.45. The van der Waals surface area contributed by atoms with Gasteiger partial charge in [0.2, 0.25) is 0 Å². The molecule has 4 heterocycles. The average molecular weight is 379 g/mol. The van der Waals surface area contributed by atoms with E-state index in [0.29, 0.717) is 0 Å². The van der Waals surface area contributed by atoms with E-state index in [9.17, 15) is 0 Å². The Labute approximate surface area is 170 Å². The van der Waals surface area contributed by atoms with E-state index in [1.165, 1.54) is 86.5 Å². The zero-order valence-corrected chi connectivity index (χ0v) is 17.5. The van der Waals surface area contributed by atoms with Gasteiger partial charge in [0.15, 0.2) is 0 Å². The van der Waals surface area contributed by atoms with Crippen molar-refractivity contribution < 1.29 is 9.47 Å². The molecule has 0 spiro atoms. The summed E-state index contributed by atoms with van der Waals surface area (Å²) in [5, 5.41) is 0. The summed E-state index contributed by atoms with van der Waals surface area (Å²) in [7, 11) is 0. The molecular weight excluding hydrogens is 344 g/mol. The van der Waals surface area contributed by atoms with Crippen molar-refractivity contribution in [3.05, 3.63) is 57.7 Å². The van der Waals surface area contributed by atoms with Gasteiger partial charge in [-0.05, 0) is 59.1 Å². The Morgan fingerprint density at radius 2 is 0.893 bits per heavy atom. The van der Waals surface area contributed by atoms with Crippen LogP contribution in [0.2, 0.25) is 0 Å². The molecule has 5 rings (SSSR count). The Morgan fingerprint density at radius 3 is 1.21 bits per heavy atom. The normalized spacial score (nSPS) is 27.8. The molecular formula is C26H34O2. The number of ether oxygens (including phenoxy) is 2. The van der Waals surface area contributed by atoms with Crippen molar-refractivity contribution in [3.8, 4) is 0 Å². The third-order valence-electron chi connectivity index (χ3n) is 7.09. The summed E-state index contributed by atoms with van der Waals surface area (Å²) in [5.74, 6) is 0. The van der Waals surface area contributed by atoms with Gasteiger partial charge in [0, 0.05) is 0 Å². The zero-order chi connectivity index (χ0) is 19.1. The number of rotatable bonds is 10. The smallest absolute Gasteiger partial charge is 0.103 e. The Kier molecular flexibility index (Phi) is 5.19. The molecule has 0 amide bonds. The lowest BCUT2D eigenvalue weighted by atomic mass is 9.76. The van der Waals surface area contributed by atoms with E-state index < -0.39 is 0 Å². The first-order valence-corrected chi connectivity index (χ1v) is 11.7. The molecule has 0 aliphatic carbocycles. The van der Waals surface area contributed by atoms with E-state index in [4.69, 9.17) is 9.47 Å². The van der Waals surface area contributed by atoms with Crippen LogP contribution < -0.4 is 0 Å². The first-order chi connectivity index (χ1) is 13.8. The number of hydrogen-bond donors (Lipinski definition) is 0. The molecule has 4 bridgehead atoms. The highest BCUT2D eigenvalue weighted by molar-refractivity contribution is 5.63. The van der Waals surface area contributed by atoms with Crippen molar-refractivity contribution in [2.75, 3.05) is 0 Å². The minimum absolute atomic E-state index is 0.184. The predicted molar refractivity (Wildman–Crippen MR) is 114 cm³/mol. The van der Waals surface area contributed by atoms with E-state index in [2.05, 4.69) is 38.2 Å². The van der Waals surface area contributed by atoms with Crippen LogP contribution in [-0.2, 0) is 22.3 Å². The standard InChI is InChI=1S/C26H34O2/c1-3-5-7-9-11-17-23-19-13-15-21(27-19)25(23)18(12-10-8-6-4-2)26-22-16-14-20(28-22)24(17)26/h13-16,19-22H,3-12H2,1-2H3/t19-,20+,21+,22-. The van der Waals surface area contributed by atoms with Gasteiger partial charge in [0.1, 0.15) is 24.4 Å². The lowest BCUT2D eigenvalue weighted by molar-refractivity contribution is 0.0828. The molecule has 150 valence electrons. The van der Waals surface area contributed by atoms with Gasteiger partial charge in [-0.1, -0.05) is 76.7 Å². The van der Waals surface area contributed by atoms with Crippen LogP contribution in [-0.4, -0.2) is 0 Å². The number of benzene rings is 1. The second-order valence-corrected chi connectivity index (χ2v) is 8.96. The molecule has 2 nitrogen and oxygen atoms in total. The summed E-state index contributed by atoms with van der Waals surface area (Å²) in [6, 6.07) is 0. The quantitative estimate of drug-likeness (QED) is 0.314. The lowest BCUT2D eigenvalue weighted by Crippen LogP contribution is -2.13. The molecule has 0 radical (unpaired) electrons. The Morgan fingerprint density at radius 1 is 0.536 bits per heavy atom. The molecule has 28 heavy (non-hydrogen) atoms. The number of fused-ring (bicyclic) bond motifs is 10. The Hall–Kier alpha value is -1.38. The van der Waals surface area contributed by atoms with Crippen molar-refractivity contribution in [3.63, 3.8) is 0 Å². The molecule has 2 heteroatoms. The third kappa shape index (κ3) is 2.92. The molecule has 0 saturated carbocycles. The molecule has 0 fully saturated rings. The van der Waals surface area contributed by atoms with Crippen molar-refractivity contribution in [1.29, 1.82) is 0 Å². The maximum Gasteiger partial charge on any atom is 0.103 e. The summed E-state index contributed by atoms with van der Waals surface area (Å²) >= 11 is 0. The molecule has 1 aromatic rings. The molecule has 4 aliphatic heterocycles. The minimum Gasteiger partial charge on any atom is -0.357 e. The fraction of sp³-hybridized carbons (Fsp3) is 0.615. The van der Waals surface area contributed by atoms with Gasteiger partial charge in [-0.3, -0.25) is 0 Å². The summed E-state index contributed by atoms with van der Waals surface area (Å²) in [4.78, 5) is 0. The van der Waals surface area contributed by atoms with E-state index in [-0.39, 0.29) is 24.4 Å². The van der Waals surface area contributed by atoms with Gasteiger partial charge in [-0.2, -0.15) is 0 Å². The van der Waals surface area contributed by atoms with Crippen LogP contribution in [0.5, 0.6) is 0 Å². The maximum absolute atomic E-state index is 6.38. The average Bonchev–Trinajstić information content (AvgIpc) is 3.49. The minimum atomic E-state index is 0.184. The SMILES string of the molecule is CCCCCCc1c2c(c(CCCCCC)c3c1[C@H]1C=C[C@@H]3O1)[C@H]1C=C[C@@H]2O1. The van der Waals surface area contributed by atoms with Gasteiger partial charge in [0.25, 0.3) is 0 Å². The van der Waals surface area contributed by atoms with E-state index in [1.807, 2.05) is 0 Å². The van der Waals surface area contributed by atoms with Crippen molar-refractivity contribution in [1.82, 2.24) is 0 Å². The van der Waals surface area contributed by atoms with Crippen molar-refractivity contribution in [2.24, 2.45) is 0 Å². The van der Waals surface area contributed by atoms with Gasteiger partial charge in [0.05, 0.1) is 0 Å². The van der Waals surface area contributed by atoms with Gasteiger partial charge < -0.3 is 9.47 Å². The monoisotopic (exact) mass is 378 g/mol. The van der Waals surface area contributed by atoms with Crippen LogP contribution in [0, 0.1) is 0 Å². The van der Waals surface area contributed by atoms with Crippen LogP contribution in [0.15, 0.2) is 24.3 Å². The van der Waals surface area contributed by atoms with Gasteiger partial charge in [-0.15, -0.1) is 0 Å². The first kappa shape index (κ1) is 18.6. The second kappa shape index (κ2) is 7.80. The van der Waals surface area contributed by atoms with Crippen LogP contribution in [0.3, 0.4) is 0 Å². The molecule has 0 unspecified atom stereocenters. The molecule has 0 saturated heterocycles. The largest absolute Gasteiger partial charge is 0.357 e. The number of hydrogen-bond acceptors (Lipinski definition) is 2. The van der Waals surface area contributed by atoms with E-state index in [0.717, 1.165) is 0 Å². The van der Waals surface area contributed by atoms with Crippen LogP contribution in [0.4, 0.5) is 0 Å². The molecule has 4 aliphatic rings. The summed E-state index contributed by atoms with van der Waals surface area (Å²) in [6.07, 6.45) is 22.7. The van der Waals surface area contributed by atoms with Crippen LogP contribution >= 0.6 is 0 Å². The lowest BCUT2D eigenvalue weighted by Gasteiger charge is -2.25. The molecule has 0 aromatic heterocycles. The van der Waals surface area contributed by atoms with Crippen molar-refractivity contribution >= 4 is 0 Å². The summed E-state index contributed by atoms with van der Waals surface area (Å²) in [5.41, 5.74) is 9.25. The van der Waals surface area contributed by atoms with E-state index in [1.54, 1.807) is 11.1 Å². The fourth-order valence-electron chi connectivity index (χ4n) is 5.79. The topological polar surface area (TPSA) is 18.5 Å². The Bertz CT molecular complexity index is 687. The maximum atomic E-state index is 6.38. The highest BCUT2D eigenvalue weighted by atomic mass is 16.5. The predicted octanol–water partition coefficient (Wildman–Crippen LogP) is 7.30. The molecule has 0 N–H and O–H groups in total. The van der Waals surface area contributed by atoms with Gasteiger partial charge in [-0.25, -0.2) is 0 Å². The first-order valence-electron chi connectivity index (χ1n) is 11.7. The van der Waals surface area contributed by atoms with Gasteiger partial charge >= 0.3 is 0 Å². The second-order valence-electron chi connectivity index (χ2n) is 8.96. The molecule has 1 aromatic carbocycles. The fourth-order valence-corrected chi connectivity index (χ4v) is 5.79. The summed E-state index contributed by atoms with van der Waals surface area (Å²) in [6.45, 7) is 4.58. The van der Waals surface area contributed by atoms with Crippen LogP contribution in [0.1, 0.15) is 123 Å². The Balaban J connectivity index is 1.55. The van der Waals surface area contributed by atoms with Crippen molar-refractivity contribution in [2.45, 2.75) is 102 Å². The molecule has 4 atom stereocenters. The van der Waals surface area contributed by atoms with Crippen LogP contribution in [0.25, 0.3) is 0 Å².